The minimum atomic E-state index is -0.532. The summed E-state index contributed by atoms with van der Waals surface area (Å²) in [5, 5.41) is 9.86. The molecule has 0 N–H and O–H groups in total. The molecular formula is C32H26BNO2S. The Morgan fingerprint density at radius 3 is 2.08 bits per heavy atom. The van der Waals surface area contributed by atoms with E-state index in [1.165, 1.54) is 37.6 Å². The van der Waals surface area contributed by atoms with Gasteiger partial charge in [-0.3, -0.25) is 0 Å². The zero-order valence-corrected chi connectivity index (χ0v) is 22.1. The van der Waals surface area contributed by atoms with Gasteiger partial charge in [-0.15, -0.1) is 0 Å². The maximum atomic E-state index is 9.86. The Bertz CT molecular complexity index is 1640. The molecule has 0 radical (unpaired) electrons. The molecule has 7 rings (SSSR count). The Labute approximate surface area is 222 Å². The van der Waals surface area contributed by atoms with Gasteiger partial charge in [0.15, 0.2) is 0 Å². The number of hydrogen-bond acceptors (Lipinski definition) is 4. The van der Waals surface area contributed by atoms with Gasteiger partial charge in [0.05, 0.1) is 28.2 Å². The molecule has 0 amide bonds. The SMILES string of the molecule is CC1(C)OB(c2ccc3c(c2)C2(c4ccccc4S3)c3ccccc3-c3ccc(C#N)cc32)OC1(C)C. The van der Waals surface area contributed by atoms with Crippen LogP contribution >= 0.6 is 11.8 Å². The average molecular weight is 499 g/mol. The molecule has 37 heavy (non-hydrogen) atoms. The van der Waals surface area contributed by atoms with Gasteiger partial charge in [0.25, 0.3) is 0 Å². The van der Waals surface area contributed by atoms with Crippen molar-refractivity contribution in [1.82, 2.24) is 0 Å². The van der Waals surface area contributed by atoms with Gasteiger partial charge in [-0.1, -0.05) is 72.4 Å². The summed E-state index contributed by atoms with van der Waals surface area (Å²) in [6.45, 7) is 8.36. The molecule has 1 saturated heterocycles. The van der Waals surface area contributed by atoms with Gasteiger partial charge in [0, 0.05) is 9.79 Å². The van der Waals surface area contributed by atoms with Crippen LogP contribution in [0.25, 0.3) is 11.1 Å². The highest BCUT2D eigenvalue weighted by molar-refractivity contribution is 7.99. The lowest BCUT2D eigenvalue weighted by Gasteiger charge is -2.40. The Balaban J connectivity index is 1.55. The van der Waals surface area contributed by atoms with Gasteiger partial charge in [0.2, 0.25) is 0 Å². The third-order valence-electron chi connectivity index (χ3n) is 8.62. The second-order valence-corrected chi connectivity index (χ2v) is 12.2. The number of rotatable bonds is 1. The largest absolute Gasteiger partial charge is 0.494 e. The van der Waals surface area contributed by atoms with Crippen LogP contribution in [-0.4, -0.2) is 18.3 Å². The number of nitriles is 1. The first kappa shape index (κ1) is 22.9. The maximum absolute atomic E-state index is 9.86. The van der Waals surface area contributed by atoms with E-state index in [0.717, 1.165) is 11.0 Å². The van der Waals surface area contributed by atoms with Crippen molar-refractivity contribution in [3.63, 3.8) is 0 Å². The number of fused-ring (bicyclic) bond motifs is 9. The molecule has 0 aromatic heterocycles. The topological polar surface area (TPSA) is 42.2 Å². The molecule has 3 aliphatic rings. The summed E-state index contributed by atoms with van der Waals surface area (Å²) in [4.78, 5) is 2.45. The van der Waals surface area contributed by atoms with Crippen molar-refractivity contribution in [2.24, 2.45) is 0 Å². The molecule has 3 nitrogen and oxygen atoms in total. The molecule has 0 bridgehead atoms. The Morgan fingerprint density at radius 1 is 0.676 bits per heavy atom. The Morgan fingerprint density at radius 2 is 1.32 bits per heavy atom. The fourth-order valence-corrected chi connectivity index (χ4v) is 7.29. The molecular weight excluding hydrogens is 473 g/mol. The number of benzene rings is 4. The molecule has 1 aliphatic carbocycles. The van der Waals surface area contributed by atoms with Crippen LogP contribution in [0.5, 0.6) is 0 Å². The Kier molecular flexibility index (Phi) is 4.71. The molecule has 5 heteroatoms. The van der Waals surface area contributed by atoms with E-state index in [0.29, 0.717) is 5.56 Å². The van der Waals surface area contributed by atoms with E-state index >= 15 is 0 Å². The maximum Gasteiger partial charge on any atom is 0.494 e. The van der Waals surface area contributed by atoms with E-state index in [2.05, 4.69) is 113 Å². The van der Waals surface area contributed by atoms with Gasteiger partial charge in [-0.25, -0.2) is 0 Å². The second-order valence-electron chi connectivity index (χ2n) is 11.1. The highest BCUT2D eigenvalue weighted by Gasteiger charge is 2.54. The number of nitrogens with zero attached hydrogens (tertiary/aromatic N) is 1. The number of hydrogen-bond donors (Lipinski definition) is 0. The fourth-order valence-electron chi connectivity index (χ4n) is 6.11. The Hall–Kier alpha value is -3.30. The summed E-state index contributed by atoms with van der Waals surface area (Å²) in [6.07, 6.45) is 0. The van der Waals surface area contributed by atoms with E-state index in [1.54, 1.807) is 11.8 Å². The standard InChI is InChI=1S/C32H26BNO2S/c1-30(2)31(3,4)36-33(35-30)21-14-16-29-27(18-21)32(25-11-7-8-12-28(25)37-29)24-10-6-5-9-22(24)23-15-13-20(19-34)17-26(23)32/h5-18H,1-4H3. The summed E-state index contributed by atoms with van der Waals surface area (Å²) < 4.78 is 12.9. The van der Waals surface area contributed by atoms with Crippen LogP contribution in [0.3, 0.4) is 0 Å². The molecule has 2 heterocycles. The quantitative estimate of drug-likeness (QED) is 0.237. The third kappa shape index (κ3) is 2.98. The highest BCUT2D eigenvalue weighted by atomic mass is 32.2. The van der Waals surface area contributed by atoms with E-state index in [9.17, 15) is 5.26 Å². The van der Waals surface area contributed by atoms with Crippen LogP contribution < -0.4 is 5.46 Å². The molecule has 0 saturated carbocycles. The van der Waals surface area contributed by atoms with Crippen LogP contribution in [0.1, 0.15) is 55.5 Å². The van der Waals surface area contributed by atoms with Gasteiger partial charge in [0.1, 0.15) is 0 Å². The van der Waals surface area contributed by atoms with Crippen LogP contribution in [0, 0.1) is 11.3 Å². The van der Waals surface area contributed by atoms with Crippen molar-refractivity contribution < 1.29 is 9.31 Å². The van der Waals surface area contributed by atoms with Crippen molar-refractivity contribution in [2.45, 2.75) is 54.1 Å². The van der Waals surface area contributed by atoms with Crippen LogP contribution in [0.15, 0.2) is 94.7 Å². The second kappa shape index (κ2) is 7.62. The average Bonchev–Trinajstić information content (AvgIpc) is 3.31. The van der Waals surface area contributed by atoms with E-state index in [-0.39, 0.29) is 0 Å². The van der Waals surface area contributed by atoms with Crippen LogP contribution in [-0.2, 0) is 14.7 Å². The van der Waals surface area contributed by atoms with Crippen molar-refractivity contribution in [1.29, 1.82) is 5.26 Å². The molecule has 180 valence electrons. The van der Waals surface area contributed by atoms with Crippen molar-refractivity contribution >= 4 is 24.3 Å². The van der Waals surface area contributed by atoms with Gasteiger partial charge < -0.3 is 9.31 Å². The zero-order chi connectivity index (χ0) is 25.6. The molecule has 2 aliphatic heterocycles. The lowest BCUT2D eigenvalue weighted by Crippen LogP contribution is -2.41. The first-order chi connectivity index (χ1) is 17.8. The van der Waals surface area contributed by atoms with Gasteiger partial charge in [-0.05, 0) is 90.8 Å². The summed E-state index contributed by atoms with van der Waals surface area (Å²) in [6, 6.07) is 32.5. The zero-order valence-electron chi connectivity index (χ0n) is 21.3. The molecule has 1 atom stereocenters. The minimum absolute atomic E-state index is 0.416. The van der Waals surface area contributed by atoms with Crippen LogP contribution in [0.2, 0.25) is 0 Å². The van der Waals surface area contributed by atoms with E-state index < -0.39 is 23.7 Å². The summed E-state index contributed by atoms with van der Waals surface area (Å²) in [7, 11) is -0.448. The van der Waals surface area contributed by atoms with E-state index in [4.69, 9.17) is 9.31 Å². The first-order valence-electron chi connectivity index (χ1n) is 12.7. The van der Waals surface area contributed by atoms with Gasteiger partial charge in [-0.2, -0.15) is 5.26 Å². The molecule has 1 spiro atoms. The predicted octanol–water partition coefficient (Wildman–Crippen LogP) is 6.69. The predicted molar refractivity (Wildman–Crippen MR) is 148 cm³/mol. The molecule has 1 fully saturated rings. The smallest absolute Gasteiger partial charge is 0.399 e. The molecule has 4 aromatic carbocycles. The lowest BCUT2D eigenvalue weighted by atomic mass is 9.65. The third-order valence-corrected chi connectivity index (χ3v) is 9.77. The first-order valence-corrected chi connectivity index (χ1v) is 13.5. The fraction of sp³-hybridized carbons (Fsp3) is 0.219. The van der Waals surface area contributed by atoms with Crippen molar-refractivity contribution in [2.75, 3.05) is 0 Å². The van der Waals surface area contributed by atoms with Gasteiger partial charge >= 0.3 is 7.12 Å². The highest BCUT2D eigenvalue weighted by Crippen LogP contribution is 2.62. The van der Waals surface area contributed by atoms with Crippen molar-refractivity contribution in [3.8, 4) is 17.2 Å². The lowest BCUT2D eigenvalue weighted by molar-refractivity contribution is 0.00578. The molecule has 1 unspecified atom stereocenters. The molecule has 4 aromatic rings. The minimum Gasteiger partial charge on any atom is -0.399 e. The van der Waals surface area contributed by atoms with Crippen molar-refractivity contribution in [3.05, 3.63) is 113 Å². The normalized spacial score (nSPS) is 21.6. The summed E-state index contributed by atoms with van der Waals surface area (Å²) >= 11 is 1.81. The van der Waals surface area contributed by atoms with E-state index in [1.807, 2.05) is 6.07 Å². The summed E-state index contributed by atoms with van der Waals surface area (Å²) in [5.74, 6) is 0. The van der Waals surface area contributed by atoms with Crippen LogP contribution in [0.4, 0.5) is 0 Å². The monoisotopic (exact) mass is 499 g/mol. The summed E-state index contributed by atoms with van der Waals surface area (Å²) in [5.41, 5.74) is 7.60.